The number of carbonyl (C=O) groups excluding carboxylic acids is 1. The lowest BCUT2D eigenvalue weighted by atomic mass is 10.2. The minimum Gasteiger partial charge on any atom is -0.489 e. The highest BCUT2D eigenvalue weighted by atomic mass is 32.2. The van der Waals surface area contributed by atoms with Gasteiger partial charge in [-0.15, -0.1) is 10.2 Å². The maximum absolute atomic E-state index is 12.2. The number of ether oxygens (including phenoxy) is 1. The molecular weight excluding hydrogens is 386 g/mol. The van der Waals surface area contributed by atoms with Crippen molar-refractivity contribution in [2.24, 2.45) is 0 Å². The molecule has 2 aromatic carbocycles. The van der Waals surface area contributed by atoms with Crippen LogP contribution in [0.2, 0.25) is 0 Å². The highest BCUT2D eigenvalue weighted by Gasteiger charge is 2.08. The van der Waals surface area contributed by atoms with Crippen LogP contribution in [0.25, 0.3) is 5.65 Å². The molecule has 0 saturated carbocycles. The third-order valence-electron chi connectivity index (χ3n) is 4.13. The summed E-state index contributed by atoms with van der Waals surface area (Å²) in [5, 5.41) is 16.0. The van der Waals surface area contributed by atoms with Gasteiger partial charge in [0, 0.05) is 5.69 Å². The number of fused-ring (bicyclic) bond motifs is 1. The predicted octanol–water partition coefficient (Wildman–Crippen LogP) is 3.74. The van der Waals surface area contributed by atoms with Crippen molar-refractivity contribution >= 4 is 29.0 Å². The number of anilines is 1. The Kier molecular flexibility index (Phi) is 5.71. The fraction of sp³-hybridized carbons (Fsp3) is 0.143. The van der Waals surface area contributed by atoms with Gasteiger partial charge >= 0.3 is 0 Å². The van der Waals surface area contributed by atoms with Crippen LogP contribution in [0.1, 0.15) is 11.4 Å². The van der Waals surface area contributed by atoms with Crippen molar-refractivity contribution in [2.75, 3.05) is 11.1 Å². The van der Waals surface area contributed by atoms with E-state index in [1.165, 1.54) is 11.8 Å². The highest BCUT2D eigenvalue weighted by Crippen LogP contribution is 2.19. The van der Waals surface area contributed by atoms with E-state index in [9.17, 15) is 4.79 Å². The number of aryl methyl sites for hydroxylation is 1. The summed E-state index contributed by atoms with van der Waals surface area (Å²) in [6, 6.07) is 21.0. The molecule has 7 nitrogen and oxygen atoms in total. The van der Waals surface area contributed by atoms with Crippen LogP contribution < -0.4 is 10.1 Å². The van der Waals surface area contributed by atoms with E-state index in [1.54, 1.807) is 4.52 Å². The summed E-state index contributed by atoms with van der Waals surface area (Å²) < 4.78 is 7.42. The normalized spacial score (nSPS) is 10.8. The molecule has 8 heteroatoms. The minimum atomic E-state index is -0.102. The van der Waals surface area contributed by atoms with Gasteiger partial charge < -0.3 is 10.1 Å². The number of aromatic nitrogens is 4. The van der Waals surface area contributed by atoms with Gasteiger partial charge in [-0.25, -0.2) is 0 Å². The van der Waals surface area contributed by atoms with Crippen LogP contribution in [0.4, 0.5) is 5.69 Å². The van der Waals surface area contributed by atoms with Gasteiger partial charge in [-0.05, 0) is 48.9 Å². The summed E-state index contributed by atoms with van der Waals surface area (Å²) in [5.74, 6) is 1.62. The Labute approximate surface area is 172 Å². The standard InChI is InChI=1S/C21H19N5O2S/c1-15-23-24-19-11-12-21(25-26(15)19)29-14-20(27)22-17-7-9-18(10-8-17)28-13-16-5-3-2-4-6-16/h2-12H,13-14H2,1H3,(H,22,27). The molecule has 0 bridgehead atoms. The minimum absolute atomic E-state index is 0.102. The van der Waals surface area contributed by atoms with Gasteiger partial charge in [0.2, 0.25) is 5.91 Å². The molecule has 0 spiro atoms. The van der Waals surface area contributed by atoms with Crippen molar-refractivity contribution in [3.8, 4) is 5.75 Å². The van der Waals surface area contributed by atoms with Gasteiger partial charge in [-0.1, -0.05) is 42.1 Å². The van der Waals surface area contributed by atoms with E-state index in [0.717, 1.165) is 22.0 Å². The molecule has 0 aliphatic carbocycles. The maximum Gasteiger partial charge on any atom is 0.234 e. The molecule has 4 rings (SSSR count). The highest BCUT2D eigenvalue weighted by molar-refractivity contribution is 7.99. The summed E-state index contributed by atoms with van der Waals surface area (Å²) in [7, 11) is 0. The Bertz CT molecular complexity index is 1110. The van der Waals surface area contributed by atoms with Gasteiger partial charge in [0.1, 0.15) is 17.4 Å². The lowest BCUT2D eigenvalue weighted by molar-refractivity contribution is -0.113. The van der Waals surface area contributed by atoms with Crippen molar-refractivity contribution in [3.63, 3.8) is 0 Å². The second-order valence-electron chi connectivity index (χ2n) is 6.32. The predicted molar refractivity (Wildman–Crippen MR) is 112 cm³/mol. The second-order valence-corrected chi connectivity index (χ2v) is 7.32. The number of nitrogens with one attached hydrogen (secondary N) is 1. The molecule has 1 amide bonds. The van der Waals surface area contributed by atoms with Gasteiger partial charge in [0.15, 0.2) is 11.5 Å². The molecule has 0 aliphatic rings. The zero-order chi connectivity index (χ0) is 20.1. The first-order chi connectivity index (χ1) is 14.2. The number of benzene rings is 2. The first-order valence-electron chi connectivity index (χ1n) is 9.06. The summed E-state index contributed by atoms with van der Waals surface area (Å²) in [6.07, 6.45) is 0. The summed E-state index contributed by atoms with van der Waals surface area (Å²) >= 11 is 1.36. The van der Waals surface area contributed by atoms with Crippen molar-refractivity contribution in [1.82, 2.24) is 19.8 Å². The van der Waals surface area contributed by atoms with E-state index < -0.39 is 0 Å². The largest absolute Gasteiger partial charge is 0.489 e. The first-order valence-corrected chi connectivity index (χ1v) is 10.0. The maximum atomic E-state index is 12.2. The Hall–Kier alpha value is -3.39. The third kappa shape index (κ3) is 4.91. The SMILES string of the molecule is Cc1nnc2ccc(SCC(=O)Nc3ccc(OCc4ccccc4)cc3)nn12. The third-order valence-corrected chi connectivity index (χ3v) is 5.05. The Morgan fingerprint density at radius 3 is 2.62 bits per heavy atom. The molecule has 1 N–H and O–H groups in total. The van der Waals surface area contributed by atoms with E-state index in [0.29, 0.717) is 18.1 Å². The van der Waals surface area contributed by atoms with Gasteiger partial charge in [0.25, 0.3) is 0 Å². The van der Waals surface area contributed by atoms with Crippen LogP contribution in [-0.4, -0.2) is 31.5 Å². The van der Waals surface area contributed by atoms with Crippen LogP contribution in [0.3, 0.4) is 0 Å². The molecule has 4 aromatic rings. The quantitative estimate of drug-likeness (QED) is 0.472. The van der Waals surface area contributed by atoms with Crippen molar-refractivity contribution in [3.05, 3.63) is 78.1 Å². The number of carbonyl (C=O) groups is 1. The monoisotopic (exact) mass is 405 g/mol. The molecule has 0 aliphatic heterocycles. The van der Waals surface area contributed by atoms with E-state index in [4.69, 9.17) is 4.74 Å². The van der Waals surface area contributed by atoms with Crippen LogP contribution in [0.15, 0.2) is 71.8 Å². The van der Waals surface area contributed by atoms with Crippen molar-refractivity contribution < 1.29 is 9.53 Å². The van der Waals surface area contributed by atoms with Crippen LogP contribution in [-0.2, 0) is 11.4 Å². The number of rotatable bonds is 7. The lowest BCUT2D eigenvalue weighted by Gasteiger charge is -2.08. The molecule has 2 aromatic heterocycles. The summed E-state index contributed by atoms with van der Waals surface area (Å²) in [5.41, 5.74) is 2.52. The zero-order valence-electron chi connectivity index (χ0n) is 15.8. The first kappa shape index (κ1) is 18.9. The molecule has 0 atom stereocenters. The molecule has 0 saturated heterocycles. The Morgan fingerprint density at radius 2 is 1.83 bits per heavy atom. The lowest BCUT2D eigenvalue weighted by Crippen LogP contribution is -2.14. The van der Waals surface area contributed by atoms with Crippen LogP contribution in [0, 0.1) is 6.92 Å². The van der Waals surface area contributed by atoms with E-state index in [-0.39, 0.29) is 11.7 Å². The number of hydrogen-bond acceptors (Lipinski definition) is 6. The number of amides is 1. The molecule has 0 radical (unpaired) electrons. The van der Waals surface area contributed by atoms with Crippen LogP contribution in [0.5, 0.6) is 5.75 Å². The van der Waals surface area contributed by atoms with E-state index in [1.807, 2.05) is 73.7 Å². The number of nitrogens with zero attached hydrogens (tertiary/aromatic N) is 4. The average Bonchev–Trinajstić information content (AvgIpc) is 3.13. The van der Waals surface area contributed by atoms with Crippen molar-refractivity contribution in [2.45, 2.75) is 18.6 Å². The average molecular weight is 405 g/mol. The Balaban J connectivity index is 1.28. The molecule has 146 valence electrons. The summed E-state index contributed by atoms with van der Waals surface area (Å²) in [6.45, 7) is 2.34. The van der Waals surface area contributed by atoms with E-state index in [2.05, 4.69) is 20.6 Å². The van der Waals surface area contributed by atoms with Crippen LogP contribution >= 0.6 is 11.8 Å². The van der Waals surface area contributed by atoms with E-state index >= 15 is 0 Å². The number of thioether (sulfide) groups is 1. The smallest absolute Gasteiger partial charge is 0.234 e. The fourth-order valence-corrected chi connectivity index (χ4v) is 3.32. The molecule has 2 heterocycles. The molecule has 0 unspecified atom stereocenters. The van der Waals surface area contributed by atoms with Crippen molar-refractivity contribution in [1.29, 1.82) is 0 Å². The van der Waals surface area contributed by atoms with Gasteiger partial charge in [-0.2, -0.15) is 9.61 Å². The molecular formula is C21H19N5O2S. The molecule has 0 fully saturated rings. The zero-order valence-corrected chi connectivity index (χ0v) is 16.6. The van der Waals surface area contributed by atoms with Gasteiger partial charge in [-0.3, -0.25) is 4.79 Å². The number of hydrogen-bond donors (Lipinski definition) is 1. The topological polar surface area (TPSA) is 81.4 Å². The Morgan fingerprint density at radius 1 is 1.03 bits per heavy atom. The molecule has 29 heavy (non-hydrogen) atoms. The second kappa shape index (κ2) is 8.74. The summed E-state index contributed by atoms with van der Waals surface area (Å²) in [4.78, 5) is 12.2. The van der Waals surface area contributed by atoms with Gasteiger partial charge in [0.05, 0.1) is 5.75 Å². The fourth-order valence-electron chi connectivity index (χ4n) is 2.67.